The topological polar surface area (TPSA) is 64.6 Å². The van der Waals surface area contributed by atoms with Crippen LogP contribution in [0.1, 0.15) is 13.8 Å². The van der Waals surface area contributed by atoms with Crippen LogP contribution in [-0.4, -0.2) is 32.0 Å². The molecule has 0 bridgehead atoms. The Morgan fingerprint density at radius 3 is 2.24 bits per heavy atom. The summed E-state index contributed by atoms with van der Waals surface area (Å²) in [4.78, 5) is 11.3. The second-order valence-electron chi connectivity index (χ2n) is 5.98. The maximum Gasteiger partial charge on any atom is 0.407 e. The summed E-state index contributed by atoms with van der Waals surface area (Å²) in [6, 6.07) is 16.7. The molecule has 134 valence electrons. The molecular weight excluding hydrogens is 337 g/mol. The van der Waals surface area contributed by atoms with Gasteiger partial charge in [-0.2, -0.15) is 0 Å². The predicted molar refractivity (Wildman–Crippen MR) is 101 cm³/mol. The third-order valence-electron chi connectivity index (χ3n) is 3.56. The lowest BCUT2D eigenvalue weighted by molar-refractivity contribution is 0.114. The van der Waals surface area contributed by atoms with Crippen LogP contribution < -0.4 is 20.7 Å². The van der Waals surface area contributed by atoms with E-state index in [9.17, 15) is 9.36 Å². The van der Waals surface area contributed by atoms with Gasteiger partial charge in [-0.1, -0.05) is 30.3 Å². The summed E-state index contributed by atoms with van der Waals surface area (Å²) in [6.07, 6.45) is -0.605. The number of carbonyl (C=O) groups excluding carboxylic acids is 1. The molecule has 2 aromatic carbocycles. The van der Waals surface area contributed by atoms with Crippen molar-refractivity contribution in [2.24, 2.45) is 0 Å². The third kappa shape index (κ3) is 5.64. The molecular formula is C19H24NO4P. The Morgan fingerprint density at radius 1 is 1.04 bits per heavy atom. The van der Waals surface area contributed by atoms with Gasteiger partial charge in [0.2, 0.25) is 0 Å². The molecule has 0 spiro atoms. The van der Waals surface area contributed by atoms with E-state index in [1.54, 1.807) is 32.6 Å². The zero-order valence-corrected chi connectivity index (χ0v) is 15.7. The summed E-state index contributed by atoms with van der Waals surface area (Å²) in [5, 5.41) is 4.22. The Hall–Kier alpha value is -2.26. The van der Waals surface area contributed by atoms with E-state index in [0.29, 0.717) is 18.9 Å². The first kappa shape index (κ1) is 19.1. The van der Waals surface area contributed by atoms with Crippen LogP contribution in [0.2, 0.25) is 0 Å². The molecule has 1 N–H and O–H groups in total. The highest BCUT2D eigenvalue weighted by molar-refractivity contribution is 7.78. The summed E-state index contributed by atoms with van der Waals surface area (Å²) < 4.78 is 23.6. The van der Waals surface area contributed by atoms with E-state index in [-0.39, 0.29) is 6.10 Å². The molecule has 0 heterocycles. The molecule has 2 rings (SSSR count). The zero-order chi connectivity index (χ0) is 18.3. The molecule has 0 aliphatic carbocycles. The number of amides is 1. The Bertz CT molecular complexity index is 729. The summed E-state index contributed by atoms with van der Waals surface area (Å²) in [5.41, 5.74) is 0. The van der Waals surface area contributed by atoms with E-state index >= 15 is 0 Å². The van der Waals surface area contributed by atoms with Crippen molar-refractivity contribution in [3.05, 3.63) is 54.6 Å². The van der Waals surface area contributed by atoms with E-state index in [2.05, 4.69) is 5.32 Å². The molecule has 0 aromatic heterocycles. The highest BCUT2D eigenvalue weighted by atomic mass is 31.2. The van der Waals surface area contributed by atoms with Gasteiger partial charge in [0.05, 0.1) is 12.6 Å². The van der Waals surface area contributed by atoms with Crippen molar-refractivity contribution in [2.45, 2.75) is 20.0 Å². The lowest BCUT2D eigenvalue weighted by atomic mass is 10.3. The number of hydrogen-bond donors (Lipinski definition) is 1. The standard InChI is InChI=1S/C19H24NO4P/c1-15(2)24-19(21)20-13-14-23-16-9-11-18(12-10-16)25(3,22)17-7-5-4-6-8-17/h4-12,15H,13-14H2,1-3H3,(H,20,21). The average Bonchev–Trinajstić information content (AvgIpc) is 2.59. The van der Waals surface area contributed by atoms with E-state index in [0.717, 1.165) is 10.6 Å². The fourth-order valence-corrected chi connectivity index (χ4v) is 4.02. The molecule has 0 fully saturated rings. The van der Waals surface area contributed by atoms with Gasteiger partial charge in [-0.15, -0.1) is 0 Å². The lowest BCUT2D eigenvalue weighted by Gasteiger charge is -2.15. The number of ether oxygens (including phenoxy) is 2. The zero-order valence-electron chi connectivity index (χ0n) is 14.8. The quantitative estimate of drug-likeness (QED) is 0.608. The summed E-state index contributed by atoms with van der Waals surface area (Å²) in [5.74, 6) is 0.663. The molecule has 5 nitrogen and oxygen atoms in total. The largest absolute Gasteiger partial charge is 0.492 e. The SMILES string of the molecule is CC(C)OC(=O)NCCOc1ccc(P(C)(=O)c2ccccc2)cc1. The molecule has 25 heavy (non-hydrogen) atoms. The smallest absolute Gasteiger partial charge is 0.407 e. The van der Waals surface area contributed by atoms with E-state index in [1.165, 1.54) is 0 Å². The minimum Gasteiger partial charge on any atom is -0.492 e. The molecule has 2 aromatic rings. The Morgan fingerprint density at radius 2 is 1.64 bits per heavy atom. The van der Waals surface area contributed by atoms with Gasteiger partial charge in [-0.3, -0.25) is 0 Å². The van der Waals surface area contributed by atoms with Crippen LogP contribution in [0.15, 0.2) is 54.6 Å². The van der Waals surface area contributed by atoms with Crippen molar-refractivity contribution >= 4 is 23.8 Å². The molecule has 1 unspecified atom stereocenters. The minimum absolute atomic E-state index is 0.150. The molecule has 1 amide bonds. The Labute approximate surface area is 148 Å². The minimum atomic E-state index is -2.60. The van der Waals surface area contributed by atoms with Crippen molar-refractivity contribution in [1.29, 1.82) is 0 Å². The van der Waals surface area contributed by atoms with Crippen LogP contribution >= 0.6 is 7.14 Å². The van der Waals surface area contributed by atoms with Gasteiger partial charge in [0, 0.05) is 10.6 Å². The first-order chi connectivity index (χ1) is 11.9. The van der Waals surface area contributed by atoms with Crippen molar-refractivity contribution in [3.8, 4) is 5.75 Å². The highest BCUT2D eigenvalue weighted by Gasteiger charge is 2.20. The Kier molecular flexibility index (Phi) is 6.65. The van der Waals surface area contributed by atoms with Crippen molar-refractivity contribution < 1.29 is 18.8 Å². The number of nitrogens with one attached hydrogen (secondary N) is 1. The average molecular weight is 361 g/mol. The van der Waals surface area contributed by atoms with Crippen LogP contribution in [0.25, 0.3) is 0 Å². The van der Waals surface area contributed by atoms with Crippen molar-refractivity contribution in [2.75, 3.05) is 19.8 Å². The fourth-order valence-electron chi connectivity index (χ4n) is 2.27. The van der Waals surface area contributed by atoms with Crippen molar-refractivity contribution in [1.82, 2.24) is 5.32 Å². The van der Waals surface area contributed by atoms with E-state index in [1.807, 2.05) is 42.5 Å². The molecule has 0 aliphatic rings. The lowest BCUT2D eigenvalue weighted by Crippen LogP contribution is -2.30. The summed E-state index contributed by atoms with van der Waals surface area (Å²) in [6.45, 7) is 6.03. The summed E-state index contributed by atoms with van der Waals surface area (Å²) in [7, 11) is -2.60. The van der Waals surface area contributed by atoms with Gasteiger partial charge in [0.25, 0.3) is 0 Å². The summed E-state index contributed by atoms with van der Waals surface area (Å²) >= 11 is 0. The van der Waals surface area contributed by atoms with Gasteiger partial charge in [0.15, 0.2) is 0 Å². The normalized spacial score (nSPS) is 13.1. The second-order valence-corrected chi connectivity index (χ2v) is 8.86. The molecule has 0 aliphatic heterocycles. The van der Waals surface area contributed by atoms with Crippen LogP contribution in [0.3, 0.4) is 0 Å². The highest BCUT2D eigenvalue weighted by Crippen LogP contribution is 2.38. The first-order valence-corrected chi connectivity index (χ1v) is 10.4. The molecule has 0 saturated carbocycles. The van der Waals surface area contributed by atoms with Gasteiger partial charge >= 0.3 is 6.09 Å². The first-order valence-electron chi connectivity index (χ1n) is 8.20. The van der Waals surface area contributed by atoms with Gasteiger partial charge < -0.3 is 19.4 Å². The number of hydrogen-bond acceptors (Lipinski definition) is 4. The monoisotopic (exact) mass is 361 g/mol. The number of benzene rings is 2. The fraction of sp³-hybridized carbons (Fsp3) is 0.316. The predicted octanol–water partition coefficient (Wildman–Crippen LogP) is 3.14. The van der Waals surface area contributed by atoms with Gasteiger partial charge in [-0.05, 0) is 44.8 Å². The van der Waals surface area contributed by atoms with Gasteiger partial charge in [0.1, 0.15) is 19.5 Å². The van der Waals surface area contributed by atoms with Crippen LogP contribution in [0, 0.1) is 0 Å². The number of carbonyl (C=O) groups is 1. The van der Waals surface area contributed by atoms with Crippen LogP contribution in [0.5, 0.6) is 5.75 Å². The molecule has 1 atom stereocenters. The Balaban J connectivity index is 1.88. The van der Waals surface area contributed by atoms with E-state index in [4.69, 9.17) is 9.47 Å². The second kappa shape index (κ2) is 8.72. The molecule has 0 radical (unpaired) electrons. The van der Waals surface area contributed by atoms with Crippen molar-refractivity contribution in [3.63, 3.8) is 0 Å². The number of rotatable bonds is 7. The molecule has 0 saturated heterocycles. The number of alkyl carbamates (subject to hydrolysis) is 1. The third-order valence-corrected chi connectivity index (χ3v) is 6.13. The van der Waals surface area contributed by atoms with E-state index < -0.39 is 13.2 Å². The van der Waals surface area contributed by atoms with Crippen LogP contribution in [0.4, 0.5) is 4.79 Å². The van der Waals surface area contributed by atoms with Crippen LogP contribution in [-0.2, 0) is 9.30 Å². The maximum absolute atomic E-state index is 13.0. The van der Waals surface area contributed by atoms with Gasteiger partial charge in [-0.25, -0.2) is 4.79 Å². The molecule has 6 heteroatoms. The maximum atomic E-state index is 13.0.